The van der Waals surface area contributed by atoms with E-state index in [9.17, 15) is 0 Å². The summed E-state index contributed by atoms with van der Waals surface area (Å²) in [6.07, 6.45) is 3.23. The zero-order chi connectivity index (χ0) is 9.03. The lowest BCUT2D eigenvalue weighted by atomic mass is 9.99. The largest absolute Gasteiger partial charge is 0.473 e. The first-order valence-corrected chi connectivity index (χ1v) is 5.02. The number of rotatable bonds is 4. The first kappa shape index (κ1) is 9.85. The van der Waals surface area contributed by atoms with Crippen molar-refractivity contribution in [2.45, 2.75) is 38.7 Å². The van der Waals surface area contributed by atoms with Crippen molar-refractivity contribution in [2.75, 3.05) is 12.4 Å². The molecular weight excluding hydrogens is 174 g/mol. The van der Waals surface area contributed by atoms with Gasteiger partial charge in [0.15, 0.2) is 5.90 Å². The maximum atomic E-state index is 5.69. The van der Waals surface area contributed by atoms with Crippen molar-refractivity contribution < 1.29 is 4.74 Å². The van der Waals surface area contributed by atoms with Gasteiger partial charge in [-0.25, -0.2) is 0 Å². The molecule has 1 atom stereocenters. The minimum absolute atomic E-state index is 0.132. The van der Waals surface area contributed by atoms with Crippen LogP contribution in [0.1, 0.15) is 33.1 Å². The van der Waals surface area contributed by atoms with Gasteiger partial charge >= 0.3 is 0 Å². The van der Waals surface area contributed by atoms with E-state index >= 15 is 0 Å². The van der Waals surface area contributed by atoms with Crippen LogP contribution in [0.2, 0.25) is 0 Å². The van der Waals surface area contributed by atoms with Gasteiger partial charge in [-0.1, -0.05) is 13.3 Å². The van der Waals surface area contributed by atoms with Gasteiger partial charge < -0.3 is 4.74 Å². The van der Waals surface area contributed by atoms with Gasteiger partial charge in [-0.2, -0.15) is 0 Å². The van der Waals surface area contributed by atoms with Crippen LogP contribution in [0.15, 0.2) is 4.99 Å². The minimum atomic E-state index is -0.132. The normalized spacial score (nSPS) is 31.4. The zero-order valence-electron chi connectivity index (χ0n) is 7.77. The van der Waals surface area contributed by atoms with E-state index in [1.807, 2.05) is 6.92 Å². The molecule has 0 aromatic heterocycles. The van der Waals surface area contributed by atoms with Crippen LogP contribution in [0.3, 0.4) is 0 Å². The number of nitrogens with zero attached hydrogens (tertiary/aromatic N) is 1. The number of unbranched alkanes of at least 4 members (excludes halogenated alkanes) is 1. The Morgan fingerprint density at radius 2 is 2.33 bits per heavy atom. The van der Waals surface area contributed by atoms with Crippen molar-refractivity contribution in [1.29, 1.82) is 0 Å². The van der Waals surface area contributed by atoms with Crippen molar-refractivity contribution in [3.05, 3.63) is 0 Å². The van der Waals surface area contributed by atoms with E-state index in [1.54, 1.807) is 0 Å². The number of aliphatic imine (C=N–C) groups is 1. The molecule has 12 heavy (non-hydrogen) atoms. The smallest absolute Gasteiger partial charge is 0.187 e. The van der Waals surface area contributed by atoms with Crippen molar-refractivity contribution in [2.24, 2.45) is 4.99 Å². The fraction of sp³-hybridized carbons (Fsp3) is 0.889. The molecule has 1 aliphatic rings. The van der Waals surface area contributed by atoms with Crippen LogP contribution in [-0.2, 0) is 4.74 Å². The summed E-state index contributed by atoms with van der Waals surface area (Å²) in [5.41, 5.74) is -0.132. The van der Waals surface area contributed by atoms with Gasteiger partial charge in [0.1, 0.15) is 5.60 Å². The SMILES string of the molecule is CCCCN=C1CC(C)(CCl)O1. The van der Waals surface area contributed by atoms with E-state index in [4.69, 9.17) is 16.3 Å². The van der Waals surface area contributed by atoms with E-state index in [1.165, 1.54) is 6.42 Å². The highest BCUT2D eigenvalue weighted by molar-refractivity contribution is 6.19. The van der Waals surface area contributed by atoms with Gasteiger partial charge in [-0.3, -0.25) is 4.99 Å². The maximum Gasteiger partial charge on any atom is 0.187 e. The molecule has 2 nitrogen and oxygen atoms in total. The third kappa shape index (κ3) is 2.37. The lowest BCUT2D eigenvalue weighted by Crippen LogP contribution is -2.46. The van der Waals surface area contributed by atoms with Crippen LogP contribution in [0.5, 0.6) is 0 Å². The molecular formula is C9H16ClNO. The van der Waals surface area contributed by atoms with Crippen LogP contribution < -0.4 is 0 Å². The standard InChI is InChI=1S/C9H16ClNO/c1-3-4-5-11-8-6-9(2,7-10)12-8/h3-7H2,1-2H3. The topological polar surface area (TPSA) is 21.6 Å². The van der Waals surface area contributed by atoms with Gasteiger partial charge in [-0.15, -0.1) is 11.6 Å². The molecule has 0 radical (unpaired) electrons. The van der Waals surface area contributed by atoms with Crippen LogP contribution in [0.4, 0.5) is 0 Å². The Labute approximate surface area is 79.0 Å². The molecule has 1 heterocycles. The molecule has 3 heteroatoms. The monoisotopic (exact) mass is 189 g/mol. The number of ether oxygens (including phenoxy) is 1. The fourth-order valence-corrected chi connectivity index (χ4v) is 1.27. The Morgan fingerprint density at radius 1 is 1.67 bits per heavy atom. The number of halogens is 1. The summed E-state index contributed by atoms with van der Waals surface area (Å²) in [7, 11) is 0. The predicted octanol–water partition coefficient (Wildman–Crippen LogP) is 2.60. The summed E-state index contributed by atoms with van der Waals surface area (Å²) in [5, 5.41) is 0. The molecule has 0 aliphatic carbocycles. The van der Waals surface area contributed by atoms with Gasteiger partial charge in [0.2, 0.25) is 0 Å². The van der Waals surface area contributed by atoms with Crippen LogP contribution in [0.25, 0.3) is 0 Å². The first-order chi connectivity index (χ1) is 5.70. The van der Waals surface area contributed by atoms with Gasteiger partial charge in [0, 0.05) is 6.54 Å². The van der Waals surface area contributed by atoms with Crippen LogP contribution in [0, 0.1) is 0 Å². The molecule has 0 bridgehead atoms. The summed E-state index contributed by atoms with van der Waals surface area (Å²) in [6, 6.07) is 0. The van der Waals surface area contributed by atoms with Crippen LogP contribution >= 0.6 is 11.6 Å². The summed E-state index contributed by atoms with van der Waals surface area (Å²) in [6.45, 7) is 5.06. The quantitative estimate of drug-likeness (QED) is 0.492. The summed E-state index contributed by atoms with van der Waals surface area (Å²) in [5.74, 6) is 1.44. The second kappa shape index (κ2) is 4.13. The molecule has 1 fully saturated rings. The van der Waals surface area contributed by atoms with Crippen LogP contribution in [-0.4, -0.2) is 23.9 Å². The molecule has 0 amide bonds. The molecule has 1 unspecified atom stereocenters. The van der Waals surface area contributed by atoms with Crippen molar-refractivity contribution in [3.8, 4) is 0 Å². The maximum absolute atomic E-state index is 5.69. The molecule has 0 N–H and O–H groups in total. The second-order valence-corrected chi connectivity index (χ2v) is 3.76. The minimum Gasteiger partial charge on any atom is -0.473 e. The summed E-state index contributed by atoms with van der Waals surface area (Å²) >= 11 is 5.69. The number of hydrogen-bond donors (Lipinski definition) is 0. The lowest BCUT2D eigenvalue weighted by molar-refractivity contribution is 0.0341. The average Bonchev–Trinajstić information content (AvgIpc) is 2.01. The van der Waals surface area contributed by atoms with Gasteiger partial charge in [0.25, 0.3) is 0 Å². The number of alkyl halides is 1. The Bertz CT molecular complexity index is 171. The Balaban J connectivity index is 2.19. The highest BCUT2D eigenvalue weighted by Gasteiger charge is 2.38. The Hall–Kier alpha value is -0.240. The fourth-order valence-electron chi connectivity index (χ4n) is 1.12. The molecule has 0 aromatic rings. The van der Waals surface area contributed by atoms with E-state index in [0.717, 1.165) is 25.3 Å². The zero-order valence-corrected chi connectivity index (χ0v) is 8.52. The highest BCUT2D eigenvalue weighted by atomic mass is 35.5. The van der Waals surface area contributed by atoms with Gasteiger partial charge in [-0.05, 0) is 13.3 Å². The van der Waals surface area contributed by atoms with E-state index < -0.39 is 0 Å². The molecule has 0 aromatic carbocycles. The molecule has 0 saturated carbocycles. The average molecular weight is 190 g/mol. The molecule has 1 rings (SSSR count). The van der Waals surface area contributed by atoms with E-state index in [0.29, 0.717) is 5.88 Å². The predicted molar refractivity (Wildman–Crippen MR) is 52.0 cm³/mol. The molecule has 1 saturated heterocycles. The summed E-state index contributed by atoms with van der Waals surface area (Å²) in [4.78, 5) is 4.30. The van der Waals surface area contributed by atoms with Crippen molar-refractivity contribution in [1.82, 2.24) is 0 Å². The van der Waals surface area contributed by atoms with E-state index in [2.05, 4.69) is 11.9 Å². The van der Waals surface area contributed by atoms with E-state index in [-0.39, 0.29) is 5.60 Å². The number of hydrogen-bond acceptors (Lipinski definition) is 2. The first-order valence-electron chi connectivity index (χ1n) is 4.48. The third-order valence-corrected chi connectivity index (χ3v) is 2.54. The van der Waals surface area contributed by atoms with Crippen molar-refractivity contribution in [3.63, 3.8) is 0 Å². The Kier molecular flexibility index (Phi) is 3.39. The van der Waals surface area contributed by atoms with Crippen molar-refractivity contribution >= 4 is 17.5 Å². The Morgan fingerprint density at radius 3 is 2.83 bits per heavy atom. The molecule has 0 spiro atoms. The highest BCUT2D eigenvalue weighted by Crippen LogP contribution is 2.29. The molecule has 1 aliphatic heterocycles. The van der Waals surface area contributed by atoms with Gasteiger partial charge in [0.05, 0.1) is 12.3 Å². The summed E-state index contributed by atoms with van der Waals surface area (Å²) < 4.78 is 5.44. The lowest BCUT2D eigenvalue weighted by Gasteiger charge is -2.38. The molecule has 70 valence electrons. The second-order valence-electron chi connectivity index (χ2n) is 3.49. The third-order valence-electron chi connectivity index (χ3n) is 1.97.